The summed E-state index contributed by atoms with van der Waals surface area (Å²) in [6.45, 7) is 5.24. The summed E-state index contributed by atoms with van der Waals surface area (Å²) in [6.07, 6.45) is 15.6. The Labute approximate surface area is 119 Å². The van der Waals surface area contributed by atoms with Crippen LogP contribution in [0.3, 0.4) is 0 Å². The molecule has 0 heteroatoms. The van der Waals surface area contributed by atoms with E-state index in [-0.39, 0.29) is 0 Å². The van der Waals surface area contributed by atoms with E-state index < -0.39 is 0 Å². The number of hydrogen-bond donors (Lipinski definition) is 0. The van der Waals surface area contributed by atoms with Crippen LogP contribution in [0.15, 0.2) is 0 Å². The molecule has 0 bridgehead atoms. The van der Waals surface area contributed by atoms with Crippen LogP contribution >= 0.6 is 0 Å². The highest BCUT2D eigenvalue weighted by Crippen LogP contribution is 2.63. The summed E-state index contributed by atoms with van der Waals surface area (Å²) in [4.78, 5) is 0. The van der Waals surface area contributed by atoms with Gasteiger partial charge >= 0.3 is 0 Å². The van der Waals surface area contributed by atoms with Gasteiger partial charge in [0.05, 0.1) is 0 Å². The van der Waals surface area contributed by atoms with Gasteiger partial charge in [-0.1, -0.05) is 33.1 Å². The second-order valence-electron chi connectivity index (χ2n) is 8.76. The molecule has 7 atom stereocenters. The molecule has 19 heavy (non-hydrogen) atoms. The molecule has 0 radical (unpaired) electrons. The molecule has 0 heterocycles. The lowest BCUT2D eigenvalue weighted by Crippen LogP contribution is -2.50. The molecule has 4 aliphatic carbocycles. The largest absolute Gasteiger partial charge is 0.0622 e. The molecule has 4 rings (SSSR count). The highest BCUT2D eigenvalue weighted by molar-refractivity contribution is 5.04. The highest BCUT2D eigenvalue weighted by Gasteiger charge is 2.54. The fourth-order valence-corrected chi connectivity index (χ4v) is 7.24. The lowest BCUT2D eigenvalue weighted by atomic mass is 9.47. The maximum atomic E-state index is 2.70. The van der Waals surface area contributed by atoms with E-state index in [1.165, 1.54) is 12.8 Å². The fourth-order valence-electron chi connectivity index (χ4n) is 7.24. The fraction of sp³-hybridized carbons (Fsp3) is 1.00. The Morgan fingerprint density at radius 3 is 2.42 bits per heavy atom. The summed E-state index contributed by atoms with van der Waals surface area (Å²) in [5.41, 5.74) is 0.748. The van der Waals surface area contributed by atoms with Crippen LogP contribution in [0.5, 0.6) is 0 Å². The maximum absolute atomic E-state index is 2.70. The van der Waals surface area contributed by atoms with Crippen molar-refractivity contribution in [3.8, 4) is 0 Å². The Bertz CT molecular complexity index is 346. The zero-order chi connectivity index (χ0) is 13.0. The van der Waals surface area contributed by atoms with Gasteiger partial charge < -0.3 is 0 Å². The Hall–Kier alpha value is 0. The normalized spacial score (nSPS) is 57.2. The van der Waals surface area contributed by atoms with Gasteiger partial charge in [-0.05, 0) is 85.9 Å². The van der Waals surface area contributed by atoms with E-state index in [0.29, 0.717) is 0 Å². The first kappa shape index (κ1) is 12.7. The number of fused-ring (bicyclic) bond motifs is 5. The van der Waals surface area contributed by atoms with Crippen LogP contribution in [-0.4, -0.2) is 0 Å². The van der Waals surface area contributed by atoms with Crippen molar-refractivity contribution in [1.29, 1.82) is 0 Å². The molecule has 0 nitrogen and oxygen atoms in total. The van der Waals surface area contributed by atoms with E-state index in [0.717, 1.165) is 40.9 Å². The minimum absolute atomic E-state index is 0.748. The Morgan fingerprint density at radius 2 is 1.53 bits per heavy atom. The summed E-state index contributed by atoms with van der Waals surface area (Å²) in [6, 6.07) is 0. The van der Waals surface area contributed by atoms with E-state index in [1.54, 1.807) is 51.4 Å². The average molecular weight is 260 g/mol. The Kier molecular flexibility index (Phi) is 3.01. The molecule has 0 amide bonds. The van der Waals surface area contributed by atoms with E-state index >= 15 is 0 Å². The summed E-state index contributed by atoms with van der Waals surface area (Å²) in [5, 5.41) is 0. The van der Waals surface area contributed by atoms with Crippen LogP contribution in [0, 0.1) is 40.9 Å². The smallest absolute Gasteiger partial charge is 0.0266 e. The molecule has 0 N–H and O–H groups in total. The number of rotatable bonds is 0. The molecule has 4 fully saturated rings. The van der Waals surface area contributed by atoms with Gasteiger partial charge in [0.1, 0.15) is 0 Å². The highest BCUT2D eigenvalue weighted by atomic mass is 14.6. The summed E-state index contributed by atoms with van der Waals surface area (Å²) < 4.78 is 0. The van der Waals surface area contributed by atoms with Crippen LogP contribution in [0.2, 0.25) is 0 Å². The van der Waals surface area contributed by atoms with E-state index in [1.807, 2.05) is 0 Å². The van der Waals surface area contributed by atoms with Gasteiger partial charge in [-0.25, -0.2) is 0 Å². The van der Waals surface area contributed by atoms with Crippen molar-refractivity contribution in [2.45, 2.75) is 78.1 Å². The van der Waals surface area contributed by atoms with Crippen LogP contribution < -0.4 is 0 Å². The molecule has 4 saturated carbocycles. The van der Waals surface area contributed by atoms with Gasteiger partial charge in [0, 0.05) is 0 Å². The lowest BCUT2D eigenvalue weighted by molar-refractivity contribution is -0.0863. The first-order valence-corrected chi connectivity index (χ1v) is 9.20. The third-order valence-corrected chi connectivity index (χ3v) is 8.26. The second-order valence-corrected chi connectivity index (χ2v) is 8.76. The second kappa shape index (κ2) is 4.50. The Balaban J connectivity index is 1.61. The molecule has 108 valence electrons. The molecular formula is C19H32. The first-order chi connectivity index (χ1) is 9.20. The molecule has 0 spiro atoms. The van der Waals surface area contributed by atoms with Crippen molar-refractivity contribution >= 4 is 0 Å². The molecular weight excluding hydrogens is 228 g/mol. The zero-order valence-corrected chi connectivity index (χ0v) is 13.0. The third-order valence-electron chi connectivity index (χ3n) is 8.26. The van der Waals surface area contributed by atoms with Gasteiger partial charge in [-0.15, -0.1) is 0 Å². The van der Waals surface area contributed by atoms with Gasteiger partial charge in [-0.2, -0.15) is 0 Å². The van der Waals surface area contributed by atoms with Crippen molar-refractivity contribution in [2.75, 3.05) is 0 Å². The maximum Gasteiger partial charge on any atom is -0.0266 e. The standard InChI is InChI=1S/C19H32/c1-13-6-8-16-15(13)10-11-18-17(16)9-7-14-5-3-4-12-19(14,18)2/h13-18H,3-12H2,1-2H3. The minimum atomic E-state index is 0.748. The van der Waals surface area contributed by atoms with Gasteiger partial charge in [0.15, 0.2) is 0 Å². The molecule has 0 aromatic heterocycles. The predicted octanol–water partition coefficient (Wildman–Crippen LogP) is 5.67. The average Bonchev–Trinajstić information content (AvgIpc) is 2.80. The molecule has 7 unspecified atom stereocenters. The lowest BCUT2D eigenvalue weighted by Gasteiger charge is -2.58. The van der Waals surface area contributed by atoms with Crippen molar-refractivity contribution < 1.29 is 0 Å². The van der Waals surface area contributed by atoms with E-state index in [4.69, 9.17) is 0 Å². The predicted molar refractivity (Wildman–Crippen MR) is 80.9 cm³/mol. The Morgan fingerprint density at radius 1 is 0.737 bits per heavy atom. The van der Waals surface area contributed by atoms with Crippen molar-refractivity contribution in [3.05, 3.63) is 0 Å². The molecule has 0 aliphatic heterocycles. The molecule has 0 aromatic rings. The van der Waals surface area contributed by atoms with Crippen molar-refractivity contribution in [3.63, 3.8) is 0 Å². The van der Waals surface area contributed by atoms with Gasteiger partial charge in [-0.3, -0.25) is 0 Å². The van der Waals surface area contributed by atoms with Crippen molar-refractivity contribution in [1.82, 2.24) is 0 Å². The third kappa shape index (κ3) is 1.77. The van der Waals surface area contributed by atoms with E-state index in [2.05, 4.69) is 13.8 Å². The van der Waals surface area contributed by atoms with E-state index in [9.17, 15) is 0 Å². The summed E-state index contributed by atoms with van der Waals surface area (Å²) in [7, 11) is 0. The van der Waals surface area contributed by atoms with Gasteiger partial charge in [0.25, 0.3) is 0 Å². The first-order valence-electron chi connectivity index (χ1n) is 9.20. The number of hydrogen-bond acceptors (Lipinski definition) is 0. The zero-order valence-electron chi connectivity index (χ0n) is 13.0. The quantitative estimate of drug-likeness (QED) is 0.527. The molecule has 0 saturated heterocycles. The van der Waals surface area contributed by atoms with Crippen LogP contribution in [0.25, 0.3) is 0 Å². The molecule has 0 aromatic carbocycles. The van der Waals surface area contributed by atoms with Gasteiger partial charge in [0.2, 0.25) is 0 Å². The topological polar surface area (TPSA) is 0 Å². The summed E-state index contributed by atoms with van der Waals surface area (Å²) in [5.74, 6) is 6.63. The minimum Gasteiger partial charge on any atom is -0.0622 e. The summed E-state index contributed by atoms with van der Waals surface area (Å²) >= 11 is 0. The van der Waals surface area contributed by atoms with Crippen LogP contribution in [0.1, 0.15) is 78.1 Å². The van der Waals surface area contributed by atoms with Crippen LogP contribution in [-0.2, 0) is 0 Å². The monoisotopic (exact) mass is 260 g/mol. The van der Waals surface area contributed by atoms with Crippen LogP contribution in [0.4, 0.5) is 0 Å². The SMILES string of the molecule is CC1CCC2C1CCC1C2CCC2CCCCC21C. The van der Waals surface area contributed by atoms with Crippen molar-refractivity contribution in [2.24, 2.45) is 40.9 Å². The molecule has 4 aliphatic rings.